The first-order valence-electron chi connectivity index (χ1n) is 8.22. The molecular weight excluding hydrogens is 254 g/mol. The van der Waals surface area contributed by atoms with E-state index in [4.69, 9.17) is 0 Å². The van der Waals surface area contributed by atoms with Crippen molar-refractivity contribution < 1.29 is 0 Å². The van der Waals surface area contributed by atoms with E-state index in [-0.39, 0.29) is 0 Å². The molecule has 2 aromatic carbocycles. The average molecular weight is 279 g/mol. The van der Waals surface area contributed by atoms with E-state index in [1.807, 2.05) is 0 Å². The molecule has 1 atom stereocenters. The molecule has 0 saturated carbocycles. The van der Waals surface area contributed by atoms with Crippen LogP contribution in [0, 0.1) is 0 Å². The molecule has 0 bridgehead atoms. The lowest BCUT2D eigenvalue weighted by molar-refractivity contribution is 0.408. The largest absolute Gasteiger partial charge is 0.310 e. The monoisotopic (exact) mass is 279 g/mol. The van der Waals surface area contributed by atoms with Crippen molar-refractivity contribution in [3.05, 3.63) is 71.3 Å². The van der Waals surface area contributed by atoms with Gasteiger partial charge in [0.25, 0.3) is 0 Å². The summed E-state index contributed by atoms with van der Waals surface area (Å²) < 4.78 is 0. The molecular formula is C20H25N. The number of hydrogen-bond donors (Lipinski definition) is 1. The normalized spacial score (nSPS) is 15.9. The van der Waals surface area contributed by atoms with Crippen molar-refractivity contribution in [2.75, 3.05) is 0 Å². The predicted molar refractivity (Wildman–Crippen MR) is 89.6 cm³/mol. The maximum Gasteiger partial charge on any atom is 0.0151 e. The highest BCUT2D eigenvalue weighted by Crippen LogP contribution is 2.22. The van der Waals surface area contributed by atoms with Crippen LogP contribution in [0.2, 0.25) is 0 Å². The number of rotatable bonds is 6. The summed E-state index contributed by atoms with van der Waals surface area (Å²) in [5, 5.41) is 3.91. The van der Waals surface area contributed by atoms with E-state index in [1.165, 1.54) is 42.4 Å². The van der Waals surface area contributed by atoms with E-state index in [9.17, 15) is 0 Å². The molecule has 1 unspecified atom stereocenters. The first-order chi connectivity index (χ1) is 10.3. The lowest BCUT2D eigenvalue weighted by Gasteiger charge is -2.23. The van der Waals surface area contributed by atoms with Gasteiger partial charge in [-0.15, -0.1) is 0 Å². The molecule has 0 aliphatic heterocycles. The maximum absolute atomic E-state index is 3.91. The summed E-state index contributed by atoms with van der Waals surface area (Å²) in [5.41, 5.74) is 4.51. The number of fused-ring (bicyclic) bond motifs is 1. The van der Waals surface area contributed by atoms with Crippen molar-refractivity contribution in [1.29, 1.82) is 0 Å². The van der Waals surface area contributed by atoms with Crippen LogP contribution in [0.5, 0.6) is 0 Å². The molecule has 0 radical (unpaired) electrons. The van der Waals surface area contributed by atoms with Crippen molar-refractivity contribution in [2.45, 2.75) is 51.1 Å². The Morgan fingerprint density at radius 3 is 2.19 bits per heavy atom. The number of benzene rings is 2. The van der Waals surface area contributed by atoms with E-state index in [0.29, 0.717) is 12.1 Å². The summed E-state index contributed by atoms with van der Waals surface area (Å²) in [6, 6.07) is 21.0. The summed E-state index contributed by atoms with van der Waals surface area (Å²) in [7, 11) is 0. The zero-order valence-corrected chi connectivity index (χ0v) is 12.9. The lowest BCUT2D eigenvalue weighted by Crippen LogP contribution is -2.40. The van der Waals surface area contributed by atoms with Crippen LogP contribution in [0.15, 0.2) is 54.6 Å². The van der Waals surface area contributed by atoms with E-state index >= 15 is 0 Å². The second-order valence-corrected chi connectivity index (χ2v) is 6.22. The van der Waals surface area contributed by atoms with E-state index < -0.39 is 0 Å². The third kappa shape index (κ3) is 3.74. The maximum atomic E-state index is 3.91. The van der Waals surface area contributed by atoms with Crippen LogP contribution in [0.1, 0.15) is 36.5 Å². The van der Waals surface area contributed by atoms with Crippen molar-refractivity contribution in [2.24, 2.45) is 0 Å². The van der Waals surface area contributed by atoms with Gasteiger partial charge >= 0.3 is 0 Å². The van der Waals surface area contributed by atoms with Crippen molar-refractivity contribution >= 4 is 0 Å². The number of nitrogens with one attached hydrogen (secondary N) is 1. The summed E-state index contributed by atoms with van der Waals surface area (Å²) >= 11 is 0. The summed E-state index contributed by atoms with van der Waals surface area (Å²) in [4.78, 5) is 0. The van der Waals surface area contributed by atoms with Crippen molar-refractivity contribution in [3.8, 4) is 0 Å². The number of hydrogen-bond acceptors (Lipinski definition) is 1. The minimum absolute atomic E-state index is 0.594. The Labute approximate surface area is 128 Å². The molecule has 21 heavy (non-hydrogen) atoms. The first kappa shape index (κ1) is 14.3. The fourth-order valence-corrected chi connectivity index (χ4v) is 3.50. The van der Waals surface area contributed by atoms with Crippen LogP contribution < -0.4 is 5.32 Å². The van der Waals surface area contributed by atoms with Crippen LogP contribution >= 0.6 is 0 Å². The summed E-state index contributed by atoms with van der Waals surface area (Å²) in [6.07, 6.45) is 6.00. The quantitative estimate of drug-likeness (QED) is 0.837. The highest BCUT2D eigenvalue weighted by Gasteiger charge is 2.23. The Bertz CT molecular complexity index is 536. The van der Waals surface area contributed by atoms with Gasteiger partial charge in [-0.25, -0.2) is 0 Å². The van der Waals surface area contributed by atoms with Crippen molar-refractivity contribution in [3.63, 3.8) is 0 Å². The smallest absolute Gasteiger partial charge is 0.0151 e. The molecule has 110 valence electrons. The van der Waals surface area contributed by atoms with Crippen LogP contribution in [0.3, 0.4) is 0 Å². The first-order valence-corrected chi connectivity index (χ1v) is 8.22. The van der Waals surface area contributed by atoms with Crippen molar-refractivity contribution in [1.82, 2.24) is 5.32 Å². The minimum atomic E-state index is 0.594. The fraction of sp³-hybridized carbons (Fsp3) is 0.400. The fourth-order valence-electron chi connectivity index (χ4n) is 3.50. The molecule has 2 aromatic rings. The molecule has 1 aliphatic carbocycles. The SMILES string of the molecule is CCCC(Cc1ccccc1)NC1Cc2ccccc2C1. The van der Waals surface area contributed by atoms with Gasteiger partial charge < -0.3 is 5.32 Å². The Kier molecular flexibility index (Phi) is 4.72. The van der Waals surface area contributed by atoms with E-state index in [1.54, 1.807) is 0 Å². The molecule has 0 aromatic heterocycles. The molecule has 1 N–H and O–H groups in total. The molecule has 0 saturated heterocycles. The molecule has 1 nitrogen and oxygen atoms in total. The van der Waals surface area contributed by atoms with Gasteiger partial charge in [-0.2, -0.15) is 0 Å². The van der Waals surface area contributed by atoms with Gasteiger partial charge in [0.1, 0.15) is 0 Å². The highest BCUT2D eigenvalue weighted by atomic mass is 15.0. The van der Waals surface area contributed by atoms with Crippen LogP contribution in [0.25, 0.3) is 0 Å². The van der Waals surface area contributed by atoms with Gasteiger partial charge in [0.05, 0.1) is 0 Å². The molecule has 3 rings (SSSR count). The molecule has 0 fully saturated rings. The zero-order chi connectivity index (χ0) is 14.5. The standard InChI is InChI=1S/C20H25N/c1-2-8-19(13-16-9-4-3-5-10-16)21-20-14-17-11-6-7-12-18(17)15-20/h3-7,9-12,19-21H,2,8,13-15H2,1H3. The van der Waals surface area contributed by atoms with Crippen LogP contribution in [0.4, 0.5) is 0 Å². The Morgan fingerprint density at radius 1 is 0.952 bits per heavy atom. The van der Waals surface area contributed by atoms with Gasteiger partial charge in [-0.1, -0.05) is 67.9 Å². The topological polar surface area (TPSA) is 12.0 Å². The molecule has 0 amide bonds. The Morgan fingerprint density at radius 2 is 1.57 bits per heavy atom. The third-order valence-corrected chi connectivity index (χ3v) is 4.48. The second-order valence-electron chi connectivity index (χ2n) is 6.22. The Balaban J connectivity index is 1.61. The molecule has 0 spiro atoms. The average Bonchev–Trinajstić information content (AvgIpc) is 2.90. The summed E-state index contributed by atoms with van der Waals surface area (Å²) in [5.74, 6) is 0. The third-order valence-electron chi connectivity index (χ3n) is 4.48. The van der Waals surface area contributed by atoms with Gasteiger partial charge in [-0.3, -0.25) is 0 Å². The van der Waals surface area contributed by atoms with E-state index in [2.05, 4.69) is 66.8 Å². The van der Waals surface area contributed by atoms with Crippen LogP contribution in [-0.4, -0.2) is 12.1 Å². The van der Waals surface area contributed by atoms with Crippen LogP contribution in [-0.2, 0) is 19.3 Å². The van der Waals surface area contributed by atoms with Gasteiger partial charge in [-0.05, 0) is 42.4 Å². The molecule has 0 heterocycles. The summed E-state index contributed by atoms with van der Waals surface area (Å²) in [6.45, 7) is 2.28. The lowest BCUT2D eigenvalue weighted by atomic mass is 10.0. The Hall–Kier alpha value is -1.60. The highest BCUT2D eigenvalue weighted by molar-refractivity contribution is 5.33. The minimum Gasteiger partial charge on any atom is -0.310 e. The predicted octanol–water partition coefficient (Wildman–Crippen LogP) is 4.15. The zero-order valence-electron chi connectivity index (χ0n) is 12.9. The molecule has 1 aliphatic rings. The van der Waals surface area contributed by atoms with E-state index in [0.717, 1.165) is 6.42 Å². The van der Waals surface area contributed by atoms with Gasteiger partial charge in [0.2, 0.25) is 0 Å². The second kappa shape index (κ2) is 6.91. The van der Waals surface area contributed by atoms with Gasteiger partial charge in [0, 0.05) is 12.1 Å². The molecule has 1 heteroatoms. The van der Waals surface area contributed by atoms with Gasteiger partial charge in [0.15, 0.2) is 0 Å².